The van der Waals surface area contributed by atoms with Crippen LogP contribution in [0, 0.1) is 17.8 Å². The average Bonchev–Trinajstić information content (AvgIpc) is 2.68. The second kappa shape index (κ2) is 8.84. The molecule has 2 amide bonds. The van der Waals surface area contributed by atoms with Crippen molar-refractivity contribution in [2.24, 2.45) is 17.8 Å². The molecular weight excluding hydrogens is 334 g/mol. The van der Waals surface area contributed by atoms with Crippen LogP contribution in [0.4, 0.5) is 0 Å². The van der Waals surface area contributed by atoms with Crippen molar-refractivity contribution >= 4 is 17.8 Å². The monoisotopic (exact) mass is 365 g/mol. The van der Waals surface area contributed by atoms with Crippen LogP contribution in [0.15, 0.2) is 0 Å². The zero-order valence-electron chi connectivity index (χ0n) is 15.4. The molecule has 3 rings (SSSR count). The molecule has 1 aliphatic carbocycles. The second-order valence-corrected chi connectivity index (χ2v) is 8.02. The number of carbonyl (C=O) groups is 3. The number of nitrogens with one attached hydrogen (secondary N) is 2. The van der Waals surface area contributed by atoms with Gasteiger partial charge in [-0.1, -0.05) is 0 Å². The van der Waals surface area contributed by atoms with Crippen LogP contribution in [0.3, 0.4) is 0 Å². The average molecular weight is 365 g/mol. The van der Waals surface area contributed by atoms with Crippen molar-refractivity contribution in [3.63, 3.8) is 0 Å². The molecule has 0 aromatic heterocycles. The molecule has 0 atom stereocenters. The Kier molecular flexibility index (Phi) is 6.51. The van der Waals surface area contributed by atoms with Crippen molar-refractivity contribution in [1.82, 2.24) is 15.5 Å². The number of nitrogens with zero attached hydrogens (tertiary/aromatic N) is 1. The molecule has 7 heteroatoms. The first-order chi connectivity index (χ1) is 12.5. The molecule has 7 nitrogen and oxygen atoms in total. The van der Waals surface area contributed by atoms with E-state index in [0.717, 1.165) is 51.6 Å². The lowest BCUT2D eigenvalue weighted by atomic mass is 9.85. The molecule has 146 valence electrons. The van der Waals surface area contributed by atoms with E-state index < -0.39 is 5.97 Å². The van der Waals surface area contributed by atoms with Gasteiger partial charge in [-0.05, 0) is 64.5 Å². The van der Waals surface area contributed by atoms with Gasteiger partial charge in [0.25, 0.3) is 0 Å². The molecule has 2 aliphatic heterocycles. The van der Waals surface area contributed by atoms with E-state index in [1.165, 1.54) is 0 Å². The predicted molar refractivity (Wildman–Crippen MR) is 96.4 cm³/mol. The summed E-state index contributed by atoms with van der Waals surface area (Å²) in [5.41, 5.74) is 0. The molecule has 0 spiro atoms. The molecule has 0 unspecified atom stereocenters. The molecule has 0 bridgehead atoms. The molecular formula is C19H31N3O4. The van der Waals surface area contributed by atoms with Crippen LogP contribution in [0.25, 0.3) is 0 Å². The van der Waals surface area contributed by atoms with Crippen molar-refractivity contribution in [3.05, 3.63) is 0 Å². The fourth-order valence-corrected chi connectivity index (χ4v) is 4.49. The Bertz CT molecular complexity index is 517. The van der Waals surface area contributed by atoms with Crippen LogP contribution in [0.2, 0.25) is 0 Å². The Morgan fingerprint density at radius 3 is 2.00 bits per heavy atom. The zero-order chi connectivity index (χ0) is 18.5. The maximum Gasteiger partial charge on any atom is 0.306 e. The molecule has 1 saturated carbocycles. The summed E-state index contributed by atoms with van der Waals surface area (Å²) in [5, 5.41) is 15.4. The molecule has 0 aromatic carbocycles. The molecule has 3 aliphatic rings. The minimum Gasteiger partial charge on any atom is -0.481 e. The summed E-state index contributed by atoms with van der Waals surface area (Å²) in [7, 11) is 0. The van der Waals surface area contributed by atoms with Crippen molar-refractivity contribution in [1.29, 1.82) is 0 Å². The number of hydrogen-bond donors (Lipinski definition) is 3. The Balaban J connectivity index is 1.39. The third kappa shape index (κ3) is 4.75. The second-order valence-electron chi connectivity index (χ2n) is 8.02. The van der Waals surface area contributed by atoms with Crippen LogP contribution in [0.1, 0.15) is 51.4 Å². The highest BCUT2D eigenvalue weighted by Crippen LogP contribution is 2.26. The smallest absolute Gasteiger partial charge is 0.306 e. The Morgan fingerprint density at radius 1 is 0.808 bits per heavy atom. The van der Waals surface area contributed by atoms with Crippen LogP contribution in [0.5, 0.6) is 0 Å². The summed E-state index contributed by atoms with van der Waals surface area (Å²) in [6.45, 7) is 3.18. The summed E-state index contributed by atoms with van der Waals surface area (Å²) in [4.78, 5) is 38.1. The zero-order valence-corrected chi connectivity index (χ0v) is 15.4. The Morgan fingerprint density at radius 2 is 1.42 bits per heavy atom. The van der Waals surface area contributed by atoms with Gasteiger partial charge in [-0.3, -0.25) is 14.4 Å². The van der Waals surface area contributed by atoms with E-state index in [1.807, 2.05) is 4.90 Å². The number of carboxylic acids is 1. The third-order valence-corrected chi connectivity index (χ3v) is 6.29. The molecule has 2 heterocycles. The van der Waals surface area contributed by atoms with Gasteiger partial charge in [0.15, 0.2) is 0 Å². The van der Waals surface area contributed by atoms with Crippen LogP contribution in [-0.2, 0) is 14.4 Å². The molecule has 3 N–H and O–H groups in total. The summed E-state index contributed by atoms with van der Waals surface area (Å²) in [6, 6.07) is 0.104. The predicted octanol–water partition coefficient (Wildman–Crippen LogP) is 0.984. The lowest BCUT2D eigenvalue weighted by molar-refractivity contribution is -0.143. The molecule has 0 radical (unpaired) electrons. The van der Waals surface area contributed by atoms with Gasteiger partial charge in [-0.2, -0.15) is 0 Å². The van der Waals surface area contributed by atoms with E-state index in [9.17, 15) is 14.4 Å². The van der Waals surface area contributed by atoms with E-state index >= 15 is 0 Å². The maximum absolute atomic E-state index is 12.6. The number of carbonyl (C=O) groups excluding carboxylic acids is 2. The van der Waals surface area contributed by atoms with Crippen molar-refractivity contribution in [2.75, 3.05) is 26.2 Å². The van der Waals surface area contributed by atoms with Gasteiger partial charge in [0.1, 0.15) is 0 Å². The number of hydrogen-bond acceptors (Lipinski definition) is 4. The fourth-order valence-electron chi connectivity index (χ4n) is 4.49. The highest BCUT2D eigenvalue weighted by molar-refractivity contribution is 5.81. The van der Waals surface area contributed by atoms with Crippen molar-refractivity contribution in [2.45, 2.75) is 57.4 Å². The number of rotatable bonds is 4. The standard InChI is InChI=1S/C19H31N3O4/c23-17(21-16-3-1-15(2-4-16)19(25)26)13-7-11-22(12-8-13)18(24)14-5-9-20-10-6-14/h13-16,20H,1-12H2,(H,21,23)(H,25,26). The van der Waals surface area contributed by atoms with Crippen LogP contribution in [-0.4, -0.2) is 60.0 Å². The summed E-state index contributed by atoms with van der Waals surface area (Å²) >= 11 is 0. The minimum atomic E-state index is -0.722. The highest BCUT2D eigenvalue weighted by atomic mass is 16.4. The molecule has 26 heavy (non-hydrogen) atoms. The Hall–Kier alpha value is -1.63. The fraction of sp³-hybridized carbons (Fsp3) is 0.842. The van der Waals surface area contributed by atoms with E-state index in [4.69, 9.17) is 5.11 Å². The van der Waals surface area contributed by atoms with Crippen LogP contribution >= 0.6 is 0 Å². The maximum atomic E-state index is 12.6. The number of carboxylic acid groups (broad SMARTS) is 1. The van der Waals surface area contributed by atoms with E-state index in [1.54, 1.807) is 0 Å². The van der Waals surface area contributed by atoms with Gasteiger partial charge >= 0.3 is 5.97 Å². The van der Waals surface area contributed by atoms with Gasteiger partial charge in [-0.25, -0.2) is 0 Å². The summed E-state index contributed by atoms with van der Waals surface area (Å²) in [5.74, 6) is -0.515. The normalized spacial score (nSPS) is 28.5. The first-order valence-corrected chi connectivity index (χ1v) is 10.1. The van der Waals surface area contributed by atoms with Gasteiger partial charge in [0.2, 0.25) is 11.8 Å². The van der Waals surface area contributed by atoms with Crippen molar-refractivity contribution in [3.8, 4) is 0 Å². The summed E-state index contributed by atoms with van der Waals surface area (Å²) in [6.07, 6.45) is 6.06. The largest absolute Gasteiger partial charge is 0.481 e. The first-order valence-electron chi connectivity index (χ1n) is 10.1. The quantitative estimate of drug-likeness (QED) is 0.690. The van der Waals surface area contributed by atoms with E-state index in [0.29, 0.717) is 25.9 Å². The first kappa shape index (κ1) is 19.1. The number of piperidine rings is 2. The molecule has 0 aromatic rings. The number of likely N-dealkylation sites (tertiary alicyclic amines) is 1. The van der Waals surface area contributed by atoms with Crippen LogP contribution < -0.4 is 10.6 Å². The van der Waals surface area contributed by atoms with E-state index in [-0.39, 0.29) is 35.6 Å². The molecule has 3 fully saturated rings. The lowest BCUT2D eigenvalue weighted by Gasteiger charge is -2.35. The topological polar surface area (TPSA) is 98.7 Å². The molecule has 2 saturated heterocycles. The minimum absolute atomic E-state index is 0.0238. The van der Waals surface area contributed by atoms with Crippen molar-refractivity contribution < 1.29 is 19.5 Å². The Labute approximate surface area is 154 Å². The third-order valence-electron chi connectivity index (χ3n) is 6.29. The van der Waals surface area contributed by atoms with Gasteiger partial charge in [0.05, 0.1) is 5.92 Å². The number of aliphatic carboxylic acids is 1. The van der Waals surface area contributed by atoms with E-state index in [2.05, 4.69) is 10.6 Å². The van der Waals surface area contributed by atoms with Gasteiger partial charge < -0.3 is 20.6 Å². The van der Waals surface area contributed by atoms with Gasteiger partial charge in [0, 0.05) is 31.0 Å². The SMILES string of the molecule is O=C(O)C1CCC(NC(=O)C2CCN(C(=O)C3CCNCC3)CC2)CC1. The number of amides is 2. The highest BCUT2D eigenvalue weighted by Gasteiger charge is 2.33. The summed E-state index contributed by atoms with van der Waals surface area (Å²) < 4.78 is 0. The van der Waals surface area contributed by atoms with Gasteiger partial charge in [-0.15, -0.1) is 0 Å². The lowest BCUT2D eigenvalue weighted by Crippen LogP contribution is -2.48.